The Bertz CT molecular complexity index is 162. The summed E-state index contributed by atoms with van der Waals surface area (Å²) in [5, 5.41) is 0. The molecule has 0 aromatic carbocycles. The Kier molecular flexibility index (Phi) is 2.36. The first-order valence-corrected chi connectivity index (χ1v) is 5.14. The second kappa shape index (κ2) is 3.20. The molecule has 2 aliphatic rings. The van der Waals surface area contributed by atoms with Gasteiger partial charge in [0.1, 0.15) is 0 Å². The first kappa shape index (κ1) is 8.85. The van der Waals surface area contributed by atoms with Crippen molar-refractivity contribution in [3.05, 3.63) is 0 Å². The summed E-state index contributed by atoms with van der Waals surface area (Å²) in [4.78, 5) is 2.40. The van der Waals surface area contributed by atoms with E-state index in [2.05, 4.69) is 11.9 Å². The minimum absolute atomic E-state index is 0.223. The van der Waals surface area contributed by atoms with E-state index in [4.69, 9.17) is 17.4 Å². The fourth-order valence-electron chi connectivity index (χ4n) is 2.09. The smallest absolute Gasteiger partial charge is 0.0636 e. The summed E-state index contributed by atoms with van der Waals surface area (Å²) in [5.74, 6) is 0.783. The van der Waals surface area contributed by atoms with Crippen LogP contribution in [0.2, 0.25) is 0 Å². The van der Waals surface area contributed by atoms with Crippen LogP contribution in [0.15, 0.2) is 0 Å². The fourth-order valence-corrected chi connectivity index (χ4v) is 2.53. The number of ether oxygens (including phenoxy) is 1. The van der Waals surface area contributed by atoms with E-state index in [0.717, 1.165) is 19.1 Å². The minimum atomic E-state index is 0.223. The predicted molar refractivity (Wildman–Crippen MR) is 52.8 cm³/mol. The summed E-state index contributed by atoms with van der Waals surface area (Å²) in [7, 11) is 2.19. The predicted octanol–water partition coefficient (Wildman–Crippen LogP) is 1.03. The van der Waals surface area contributed by atoms with Gasteiger partial charge in [0.25, 0.3) is 0 Å². The van der Waals surface area contributed by atoms with Gasteiger partial charge in [-0.25, -0.2) is 0 Å². The molecule has 0 saturated carbocycles. The molecule has 0 atom stereocenters. The second-order valence-corrected chi connectivity index (χ2v) is 5.06. The largest absolute Gasteiger partial charge is 0.378 e. The summed E-state index contributed by atoms with van der Waals surface area (Å²) >= 11 is 4.70. The van der Waals surface area contributed by atoms with Crippen molar-refractivity contribution in [2.75, 3.05) is 33.4 Å². The van der Waals surface area contributed by atoms with E-state index in [1.807, 2.05) is 0 Å². The topological polar surface area (TPSA) is 12.5 Å². The first-order valence-electron chi connectivity index (χ1n) is 4.69. The van der Waals surface area contributed by atoms with E-state index < -0.39 is 0 Å². The van der Waals surface area contributed by atoms with Crippen molar-refractivity contribution in [3.8, 4) is 0 Å². The lowest BCUT2D eigenvalue weighted by atomic mass is 9.82. The third-order valence-electron chi connectivity index (χ3n) is 3.18. The molecule has 0 N–H and O–H groups in total. The highest BCUT2D eigenvalue weighted by Gasteiger charge is 2.42. The Morgan fingerprint density at radius 1 is 1.33 bits per heavy atom. The van der Waals surface area contributed by atoms with Crippen LogP contribution in [0.25, 0.3) is 0 Å². The van der Waals surface area contributed by atoms with Crippen molar-refractivity contribution in [1.29, 1.82) is 0 Å². The molecule has 0 aromatic heterocycles. The van der Waals surface area contributed by atoms with Crippen molar-refractivity contribution < 1.29 is 4.74 Å². The summed E-state index contributed by atoms with van der Waals surface area (Å²) < 4.78 is 5.45. The lowest BCUT2D eigenvalue weighted by Crippen LogP contribution is -2.53. The molecule has 0 amide bonds. The molecule has 2 nitrogen and oxygen atoms in total. The summed E-state index contributed by atoms with van der Waals surface area (Å²) in [5.41, 5.74) is 0. The third kappa shape index (κ3) is 1.50. The quantitative estimate of drug-likeness (QED) is 0.616. The van der Waals surface area contributed by atoms with Gasteiger partial charge in [0, 0.05) is 0 Å². The van der Waals surface area contributed by atoms with Gasteiger partial charge in [0.05, 0.1) is 18.0 Å². The zero-order valence-corrected chi connectivity index (χ0v) is 8.52. The van der Waals surface area contributed by atoms with Crippen molar-refractivity contribution in [2.45, 2.75) is 17.6 Å². The number of rotatable bonds is 1. The first-order chi connectivity index (χ1) is 5.71. The molecule has 0 aliphatic carbocycles. The Hall–Kier alpha value is 0.270. The van der Waals surface area contributed by atoms with E-state index in [1.54, 1.807) is 0 Å². The number of likely N-dealkylation sites (tertiary alicyclic amines) is 1. The highest BCUT2D eigenvalue weighted by molar-refractivity contribution is 7.82. The minimum Gasteiger partial charge on any atom is -0.378 e. The van der Waals surface area contributed by atoms with Gasteiger partial charge in [-0.1, -0.05) is 0 Å². The van der Waals surface area contributed by atoms with Gasteiger partial charge >= 0.3 is 0 Å². The van der Waals surface area contributed by atoms with Crippen LogP contribution in [0.4, 0.5) is 0 Å². The maximum atomic E-state index is 5.23. The highest BCUT2D eigenvalue weighted by atomic mass is 32.1. The zero-order chi connectivity index (χ0) is 8.60. The van der Waals surface area contributed by atoms with E-state index in [1.165, 1.54) is 25.9 Å². The molecule has 2 heterocycles. The molecule has 2 saturated heterocycles. The Balaban J connectivity index is 1.88. The van der Waals surface area contributed by atoms with Crippen LogP contribution in [-0.2, 0) is 4.74 Å². The van der Waals surface area contributed by atoms with E-state index in [-0.39, 0.29) is 4.75 Å². The Labute approximate surface area is 79.7 Å². The van der Waals surface area contributed by atoms with Crippen LogP contribution >= 0.6 is 12.6 Å². The van der Waals surface area contributed by atoms with Crippen LogP contribution in [-0.4, -0.2) is 43.0 Å². The summed E-state index contributed by atoms with van der Waals surface area (Å²) in [6.45, 7) is 4.19. The molecular weight excluding hydrogens is 170 g/mol. The van der Waals surface area contributed by atoms with Crippen molar-refractivity contribution >= 4 is 12.6 Å². The number of thiol groups is 1. The molecule has 0 unspecified atom stereocenters. The zero-order valence-electron chi connectivity index (χ0n) is 7.62. The molecule has 2 fully saturated rings. The number of piperidine rings is 1. The lowest BCUT2D eigenvalue weighted by Gasteiger charge is -2.46. The van der Waals surface area contributed by atoms with Gasteiger partial charge in [0.15, 0.2) is 0 Å². The van der Waals surface area contributed by atoms with Crippen molar-refractivity contribution in [2.24, 2.45) is 5.92 Å². The van der Waals surface area contributed by atoms with Gasteiger partial charge in [0.2, 0.25) is 0 Å². The summed E-state index contributed by atoms with van der Waals surface area (Å²) in [6, 6.07) is 0. The molecule has 0 aromatic rings. The summed E-state index contributed by atoms with van der Waals surface area (Å²) in [6.07, 6.45) is 2.59. The molecule has 12 heavy (non-hydrogen) atoms. The number of hydrogen-bond acceptors (Lipinski definition) is 3. The molecular formula is C9H17NOS. The molecule has 3 heteroatoms. The maximum absolute atomic E-state index is 5.23. The Morgan fingerprint density at radius 2 is 1.92 bits per heavy atom. The van der Waals surface area contributed by atoms with Gasteiger partial charge < -0.3 is 9.64 Å². The monoisotopic (exact) mass is 187 g/mol. The number of nitrogens with zero attached hydrogens (tertiary/aromatic N) is 1. The molecule has 0 bridgehead atoms. The highest BCUT2D eigenvalue weighted by Crippen LogP contribution is 2.38. The second-order valence-electron chi connectivity index (χ2n) is 4.17. The van der Waals surface area contributed by atoms with Crippen LogP contribution in [0.1, 0.15) is 12.8 Å². The molecule has 2 aliphatic heterocycles. The van der Waals surface area contributed by atoms with E-state index in [0.29, 0.717) is 0 Å². The van der Waals surface area contributed by atoms with Gasteiger partial charge in [-0.2, -0.15) is 12.6 Å². The van der Waals surface area contributed by atoms with Crippen molar-refractivity contribution in [3.63, 3.8) is 0 Å². The maximum Gasteiger partial charge on any atom is 0.0636 e. The third-order valence-corrected chi connectivity index (χ3v) is 3.81. The molecule has 0 spiro atoms. The molecule has 2 rings (SSSR count). The van der Waals surface area contributed by atoms with Gasteiger partial charge in [-0.15, -0.1) is 0 Å². The average molecular weight is 187 g/mol. The standard InChI is InChI=1S/C9H17NOS/c1-10-4-2-8(3-5-10)9(12)6-11-7-9/h8,12H,2-7H2,1H3. The van der Waals surface area contributed by atoms with Gasteiger partial charge in [-0.05, 0) is 38.9 Å². The molecule has 0 radical (unpaired) electrons. The van der Waals surface area contributed by atoms with Gasteiger partial charge in [-0.3, -0.25) is 0 Å². The van der Waals surface area contributed by atoms with E-state index >= 15 is 0 Å². The van der Waals surface area contributed by atoms with Crippen LogP contribution in [0, 0.1) is 5.92 Å². The van der Waals surface area contributed by atoms with Crippen molar-refractivity contribution in [1.82, 2.24) is 4.90 Å². The van der Waals surface area contributed by atoms with E-state index in [9.17, 15) is 0 Å². The Morgan fingerprint density at radius 3 is 2.33 bits per heavy atom. The SMILES string of the molecule is CN1CCC(C2(S)COC2)CC1. The van der Waals surface area contributed by atoms with Crippen LogP contribution in [0.3, 0.4) is 0 Å². The van der Waals surface area contributed by atoms with Crippen LogP contribution < -0.4 is 0 Å². The molecule has 70 valence electrons. The normalized spacial score (nSPS) is 31.5. The fraction of sp³-hybridized carbons (Fsp3) is 1.00. The average Bonchev–Trinajstić information content (AvgIpc) is 2.02. The lowest BCUT2D eigenvalue weighted by molar-refractivity contribution is -0.0452. The van der Waals surface area contributed by atoms with Crippen LogP contribution in [0.5, 0.6) is 0 Å². The number of hydrogen-bond donors (Lipinski definition) is 1.